The minimum Gasteiger partial charge on any atom is -0.458 e. The molecule has 0 aromatic carbocycles. The molecule has 0 amide bonds. The van der Waals surface area contributed by atoms with Crippen LogP contribution in [-0.2, 0) is 42.9 Å². The van der Waals surface area contributed by atoms with E-state index >= 15 is 0 Å². The van der Waals surface area contributed by atoms with E-state index in [1.165, 1.54) is 0 Å². The zero-order chi connectivity index (χ0) is 31.7. The molecule has 2 aliphatic heterocycles. The highest BCUT2D eigenvalue weighted by atomic mass is 16.7. The second-order valence-electron chi connectivity index (χ2n) is 16.2. The summed E-state index contributed by atoms with van der Waals surface area (Å²) >= 11 is 0. The Morgan fingerprint density at radius 2 is 1.55 bits per heavy atom. The third kappa shape index (κ3) is 8.17. The summed E-state index contributed by atoms with van der Waals surface area (Å²) < 4.78 is 29.1. The maximum Gasteiger partial charge on any atom is 0.351 e. The molecule has 6 fully saturated rings. The van der Waals surface area contributed by atoms with Crippen LogP contribution in [0.15, 0.2) is 0 Å². The Labute approximate surface area is 284 Å². The molecular formula is C37H66O10. The standard InChI is InChI=1S/C33H50O10.4CH4/c1-8-29(6,16-27(2,3)23(34)42-30(7)17-28(4,5)41-25(30)36)24(35)43-33-15-21-13-31(19-33,18-32(38,14-21)20-33)26(37)40-22-11-9-10-12-39-22;;;;/h21-22,38H,8-20H2,1-7H3;4*1H4. The monoisotopic (exact) mass is 670 g/mol. The number of hydrogen-bond acceptors (Lipinski definition) is 10. The molecule has 0 aromatic heterocycles. The zero-order valence-corrected chi connectivity index (χ0v) is 27.0. The molecule has 4 bridgehead atoms. The lowest BCUT2D eigenvalue weighted by atomic mass is 9.46. The third-order valence-corrected chi connectivity index (χ3v) is 10.6. The van der Waals surface area contributed by atoms with Crippen molar-refractivity contribution in [2.45, 2.75) is 184 Å². The van der Waals surface area contributed by atoms with Gasteiger partial charge in [-0.2, -0.15) is 0 Å². The Bertz CT molecular complexity index is 1170. The Hall–Kier alpha value is -2.20. The molecular weight excluding hydrogens is 604 g/mol. The van der Waals surface area contributed by atoms with Crippen molar-refractivity contribution in [1.82, 2.24) is 0 Å². The first-order chi connectivity index (χ1) is 19.8. The molecule has 6 aliphatic rings. The van der Waals surface area contributed by atoms with Gasteiger partial charge < -0.3 is 28.8 Å². The van der Waals surface area contributed by atoms with Crippen LogP contribution in [0.2, 0.25) is 0 Å². The summed E-state index contributed by atoms with van der Waals surface area (Å²) in [6.45, 7) is 12.7. The predicted molar refractivity (Wildman–Crippen MR) is 180 cm³/mol. The SMILES string of the molecule is C.C.C.C.CCC(C)(CC(C)(C)C(=O)OC1(C)CC(C)(C)OC1=O)C(=O)OC12CC3CC(O)(C1)CC(C(=O)OC1CCCCO1)(C3)C2. The van der Waals surface area contributed by atoms with E-state index in [0.717, 1.165) is 12.8 Å². The van der Waals surface area contributed by atoms with E-state index in [1.54, 1.807) is 41.5 Å². The average Bonchev–Trinajstić information content (AvgIpc) is 3.07. The van der Waals surface area contributed by atoms with E-state index in [-0.39, 0.29) is 60.9 Å². The van der Waals surface area contributed by atoms with E-state index in [9.17, 15) is 24.3 Å². The van der Waals surface area contributed by atoms with E-state index in [1.807, 2.05) is 6.92 Å². The summed E-state index contributed by atoms with van der Waals surface area (Å²) in [6.07, 6.45) is 5.32. The maximum atomic E-state index is 14.1. The fraction of sp³-hybridized carbons (Fsp3) is 0.892. The van der Waals surface area contributed by atoms with Crippen LogP contribution in [0.3, 0.4) is 0 Å². The van der Waals surface area contributed by atoms with Crippen LogP contribution in [-0.4, -0.2) is 64.3 Å². The number of esters is 4. The Morgan fingerprint density at radius 1 is 0.894 bits per heavy atom. The van der Waals surface area contributed by atoms with Crippen molar-refractivity contribution in [3.63, 3.8) is 0 Å². The first-order valence-corrected chi connectivity index (χ1v) is 16.0. The number of ether oxygens (including phenoxy) is 5. The van der Waals surface area contributed by atoms with Crippen molar-refractivity contribution in [1.29, 1.82) is 0 Å². The second-order valence-corrected chi connectivity index (χ2v) is 16.2. The fourth-order valence-corrected chi connectivity index (χ4v) is 9.10. The molecule has 2 heterocycles. The van der Waals surface area contributed by atoms with Gasteiger partial charge in [-0.05, 0) is 98.8 Å². The van der Waals surface area contributed by atoms with Crippen LogP contribution >= 0.6 is 0 Å². The summed E-state index contributed by atoms with van der Waals surface area (Å²) in [4.78, 5) is 53.7. The minimum atomic E-state index is -1.40. The van der Waals surface area contributed by atoms with Crippen molar-refractivity contribution in [3.8, 4) is 0 Å². The lowest BCUT2D eigenvalue weighted by molar-refractivity contribution is -0.259. The van der Waals surface area contributed by atoms with E-state index in [2.05, 4.69) is 0 Å². The van der Waals surface area contributed by atoms with Gasteiger partial charge in [-0.3, -0.25) is 14.4 Å². The molecule has 7 unspecified atom stereocenters. The molecule has 274 valence electrons. The van der Waals surface area contributed by atoms with Crippen molar-refractivity contribution in [2.75, 3.05) is 6.61 Å². The van der Waals surface area contributed by atoms with Gasteiger partial charge in [0.05, 0.1) is 28.5 Å². The van der Waals surface area contributed by atoms with Gasteiger partial charge in [-0.15, -0.1) is 0 Å². The number of carbonyl (C=O) groups is 4. The minimum absolute atomic E-state index is 0. The van der Waals surface area contributed by atoms with Crippen LogP contribution in [0.25, 0.3) is 0 Å². The highest BCUT2D eigenvalue weighted by Crippen LogP contribution is 2.65. The summed E-state index contributed by atoms with van der Waals surface area (Å²) in [6, 6.07) is 0. The Balaban J connectivity index is 0.00000276. The number of carbonyl (C=O) groups excluding carboxylic acids is 4. The molecule has 0 radical (unpaired) electrons. The van der Waals surface area contributed by atoms with Crippen LogP contribution < -0.4 is 0 Å². The van der Waals surface area contributed by atoms with Crippen LogP contribution in [0.5, 0.6) is 0 Å². The molecule has 1 N–H and O–H groups in total. The van der Waals surface area contributed by atoms with Crippen molar-refractivity contribution >= 4 is 23.9 Å². The van der Waals surface area contributed by atoms with Gasteiger partial charge in [0.2, 0.25) is 11.9 Å². The lowest BCUT2D eigenvalue weighted by Gasteiger charge is -2.63. The van der Waals surface area contributed by atoms with Crippen molar-refractivity contribution in [3.05, 3.63) is 0 Å². The summed E-state index contributed by atoms with van der Waals surface area (Å²) in [5, 5.41) is 11.6. The van der Waals surface area contributed by atoms with Crippen molar-refractivity contribution in [2.24, 2.45) is 22.2 Å². The average molecular weight is 671 g/mol. The van der Waals surface area contributed by atoms with Gasteiger partial charge in [-0.1, -0.05) is 36.6 Å². The van der Waals surface area contributed by atoms with E-state index < -0.39 is 62.8 Å². The molecule has 7 atom stereocenters. The predicted octanol–water partition coefficient (Wildman–Crippen LogP) is 7.46. The summed E-state index contributed by atoms with van der Waals surface area (Å²) in [5.41, 5.74) is -7.37. The smallest absolute Gasteiger partial charge is 0.351 e. The van der Waals surface area contributed by atoms with Gasteiger partial charge in [-0.25, -0.2) is 4.79 Å². The third-order valence-electron chi connectivity index (χ3n) is 10.6. The molecule has 4 aliphatic carbocycles. The first kappa shape index (κ1) is 42.8. The quantitative estimate of drug-likeness (QED) is 0.195. The maximum absolute atomic E-state index is 14.1. The second kappa shape index (κ2) is 14.0. The Morgan fingerprint density at radius 3 is 2.09 bits per heavy atom. The largest absolute Gasteiger partial charge is 0.458 e. The van der Waals surface area contributed by atoms with Crippen LogP contribution in [0.1, 0.15) is 155 Å². The normalized spacial score (nSPS) is 36.1. The molecule has 47 heavy (non-hydrogen) atoms. The van der Waals surface area contributed by atoms with Crippen molar-refractivity contribution < 1.29 is 48.0 Å². The molecule has 10 heteroatoms. The van der Waals surface area contributed by atoms with Crippen LogP contribution in [0, 0.1) is 22.2 Å². The topological polar surface area (TPSA) is 135 Å². The molecule has 10 nitrogen and oxygen atoms in total. The first-order valence-electron chi connectivity index (χ1n) is 16.0. The van der Waals surface area contributed by atoms with Gasteiger partial charge in [0.25, 0.3) is 0 Å². The molecule has 0 spiro atoms. The fourth-order valence-electron chi connectivity index (χ4n) is 9.10. The summed E-state index contributed by atoms with van der Waals surface area (Å²) in [7, 11) is 0. The number of rotatable bonds is 9. The number of hydrogen-bond donors (Lipinski definition) is 1. The van der Waals surface area contributed by atoms with Gasteiger partial charge in [0, 0.05) is 25.7 Å². The van der Waals surface area contributed by atoms with Gasteiger partial charge in [0.1, 0.15) is 11.2 Å². The van der Waals surface area contributed by atoms with Gasteiger partial charge >= 0.3 is 23.9 Å². The highest BCUT2D eigenvalue weighted by molar-refractivity contribution is 5.87. The number of cyclic esters (lactones) is 1. The highest BCUT2D eigenvalue weighted by Gasteiger charge is 2.68. The zero-order valence-electron chi connectivity index (χ0n) is 27.0. The molecule has 2 saturated heterocycles. The lowest BCUT2D eigenvalue weighted by Crippen LogP contribution is -2.67. The molecule has 4 saturated carbocycles. The van der Waals surface area contributed by atoms with E-state index in [4.69, 9.17) is 23.7 Å². The van der Waals surface area contributed by atoms with Crippen LogP contribution in [0.4, 0.5) is 0 Å². The van der Waals surface area contributed by atoms with E-state index in [0.29, 0.717) is 51.6 Å². The molecule has 6 rings (SSSR count). The molecule has 0 aromatic rings. The summed E-state index contributed by atoms with van der Waals surface area (Å²) in [5.74, 6) is -1.97. The Kier molecular flexibility index (Phi) is 12.7. The van der Waals surface area contributed by atoms with Gasteiger partial charge in [0.15, 0.2) is 0 Å². The number of aliphatic hydroxyl groups is 1.